The summed E-state index contributed by atoms with van der Waals surface area (Å²) in [5.74, 6) is 0. The Morgan fingerprint density at radius 3 is 2.29 bits per heavy atom. The first-order valence-corrected chi connectivity index (χ1v) is 4.90. The van der Waals surface area contributed by atoms with Crippen molar-refractivity contribution in [2.45, 2.75) is 39.8 Å². The molecule has 2 heteroatoms. The van der Waals surface area contributed by atoms with Gasteiger partial charge in [0.2, 0.25) is 0 Å². The van der Waals surface area contributed by atoms with Gasteiger partial charge in [0.25, 0.3) is 0 Å². The van der Waals surface area contributed by atoms with E-state index in [0.29, 0.717) is 6.54 Å². The number of hydrogen-bond donors (Lipinski definition) is 0. The quantitative estimate of drug-likeness (QED) is 0.673. The first-order chi connectivity index (χ1) is 6.41. The molecule has 78 valence electrons. The SMILES string of the molecule is Cc1ccccc1CN([O-])C(C)(C)C. The van der Waals surface area contributed by atoms with Gasteiger partial charge in [0.1, 0.15) is 0 Å². The van der Waals surface area contributed by atoms with Crippen LogP contribution in [-0.4, -0.2) is 10.6 Å². The lowest BCUT2D eigenvalue weighted by Gasteiger charge is -2.41. The second kappa shape index (κ2) is 4.11. The maximum Gasteiger partial charge on any atom is 0.0120 e. The third-order valence-corrected chi connectivity index (χ3v) is 2.32. The van der Waals surface area contributed by atoms with Crippen molar-refractivity contribution in [3.63, 3.8) is 0 Å². The van der Waals surface area contributed by atoms with Gasteiger partial charge in [-0.05, 0) is 38.8 Å². The predicted octanol–water partition coefficient (Wildman–Crippen LogP) is 3.09. The number of benzene rings is 1. The summed E-state index contributed by atoms with van der Waals surface area (Å²) in [7, 11) is 0. The van der Waals surface area contributed by atoms with Crippen molar-refractivity contribution in [3.8, 4) is 0 Å². The highest BCUT2D eigenvalue weighted by molar-refractivity contribution is 5.25. The molecule has 0 saturated carbocycles. The first kappa shape index (κ1) is 11.2. The van der Waals surface area contributed by atoms with Gasteiger partial charge in [-0.25, -0.2) is 0 Å². The molecular weight excluding hydrogens is 174 g/mol. The third-order valence-electron chi connectivity index (χ3n) is 2.32. The molecule has 0 unspecified atom stereocenters. The molecule has 0 amide bonds. The van der Waals surface area contributed by atoms with E-state index >= 15 is 0 Å². The summed E-state index contributed by atoms with van der Waals surface area (Å²) in [5, 5.41) is 12.8. The van der Waals surface area contributed by atoms with Crippen LogP contribution >= 0.6 is 0 Å². The average Bonchev–Trinajstić information content (AvgIpc) is 2.07. The molecule has 0 saturated heterocycles. The molecule has 0 radical (unpaired) electrons. The zero-order valence-corrected chi connectivity index (χ0v) is 9.37. The van der Waals surface area contributed by atoms with Crippen LogP contribution in [0, 0.1) is 12.1 Å². The average molecular weight is 192 g/mol. The van der Waals surface area contributed by atoms with Gasteiger partial charge in [-0.1, -0.05) is 24.3 Å². The number of hydroxylamine groups is 2. The van der Waals surface area contributed by atoms with Crippen LogP contribution in [0.5, 0.6) is 0 Å². The number of aryl methyl sites for hydroxylation is 1. The molecular formula is C12H18NO-. The van der Waals surface area contributed by atoms with Crippen molar-refractivity contribution in [1.82, 2.24) is 5.06 Å². The largest absolute Gasteiger partial charge is 0.785 e. The van der Waals surface area contributed by atoms with Crippen molar-refractivity contribution in [2.24, 2.45) is 0 Å². The number of nitrogens with zero attached hydrogens (tertiary/aromatic N) is 1. The lowest BCUT2D eigenvalue weighted by atomic mass is 10.1. The molecule has 0 aromatic heterocycles. The van der Waals surface area contributed by atoms with Gasteiger partial charge in [0.05, 0.1) is 0 Å². The van der Waals surface area contributed by atoms with Crippen LogP contribution in [0.4, 0.5) is 0 Å². The Morgan fingerprint density at radius 1 is 1.21 bits per heavy atom. The Balaban J connectivity index is 2.75. The maximum absolute atomic E-state index is 11.7. The second-order valence-corrected chi connectivity index (χ2v) is 4.63. The Morgan fingerprint density at radius 2 is 1.79 bits per heavy atom. The van der Waals surface area contributed by atoms with Gasteiger partial charge in [-0.15, -0.1) is 0 Å². The highest BCUT2D eigenvalue weighted by Crippen LogP contribution is 2.17. The predicted molar refractivity (Wildman–Crippen MR) is 59.8 cm³/mol. The molecule has 0 heterocycles. The summed E-state index contributed by atoms with van der Waals surface area (Å²) in [6.07, 6.45) is 0. The summed E-state index contributed by atoms with van der Waals surface area (Å²) in [4.78, 5) is 0. The molecule has 0 aliphatic carbocycles. The Bertz CT molecular complexity index is 301. The van der Waals surface area contributed by atoms with E-state index in [1.54, 1.807) is 0 Å². The molecule has 1 aromatic rings. The highest BCUT2D eigenvalue weighted by Gasteiger charge is 2.12. The van der Waals surface area contributed by atoms with E-state index in [9.17, 15) is 5.21 Å². The Labute approximate surface area is 86.1 Å². The third kappa shape index (κ3) is 2.82. The fourth-order valence-electron chi connectivity index (χ4n) is 1.18. The Hall–Kier alpha value is -0.860. The minimum atomic E-state index is -0.317. The van der Waals surface area contributed by atoms with Gasteiger partial charge in [-0.2, -0.15) is 0 Å². The van der Waals surface area contributed by atoms with E-state index in [0.717, 1.165) is 10.6 Å². The summed E-state index contributed by atoms with van der Waals surface area (Å²) in [6, 6.07) is 8.00. The molecule has 1 aromatic carbocycles. The fraction of sp³-hybridized carbons (Fsp3) is 0.500. The summed E-state index contributed by atoms with van der Waals surface area (Å²) in [5.41, 5.74) is 1.97. The molecule has 2 nitrogen and oxygen atoms in total. The van der Waals surface area contributed by atoms with Crippen molar-refractivity contribution in [2.75, 3.05) is 0 Å². The molecule has 0 N–H and O–H groups in total. The molecule has 1 rings (SSSR count). The molecule has 0 spiro atoms. The van der Waals surface area contributed by atoms with Crippen molar-refractivity contribution in [3.05, 3.63) is 40.6 Å². The van der Waals surface area contributed by atoms with E-state index in [1.807, 2.05) is 52.0 Å². The first-order valence-electron chi connectivity index (χ1n) is 4.90. The van der Waals surface area contributed by atoms with Crippen LogP contribution < -0.4 is 0 Å². The standard InChI is InChI=1S/C12H18NO/c1-10-7-5-6-8-11(10)9-13(14)12(2,3)4/h5-8H,9H2,1-4H3/q-1. The minimum absolute atomic E-state index is 0.317. The van der Waals surface area contributed by atoms with E-state index < -0.39 is 0 Å². The van der Waals surface area contributed by atoms with Gasteiger partial charge in [0.15, 0.2) is 0 Å². The smallest absolute Gasteiger partial charge is 0.0120 e. The van der Waals surface area contributed by atoms with Crippen LogP contribution in [0.25, 0.3) is 0 Å². The number of rotatable bonds is 2. The lowest BCUT2D eigenvalue weighted by molar-refractivity contribution is 0.198. The molecule has 0 atom stereocenters. The van der Waals surface area contributed by atoms with E-state index in [2.05, 4.69) is 0 Å². The lowest BCUT2D eigenvalue weighted by Crippen LogP contribution is -2.36. The van der Waals surface area contributed by atoms with Crippen molar-refractivity contribution < 1.29 is 0 Å². The summed E-state index contributed by atoms with van der Waals surface area (Å²) in [6.45, 7) is 8.29. The monoisotopic (exact) mass is 192 g/mol. The Kier molecular flexibility index (Phi) is 3.29. The van der Waals surface area contributed by atoms with E-state index in [1.165, 1.54) is 5.56 Å². The van der Waals surface area contributed by atoms with E-state index in [-0.39, 0.29) is 5.54 Å². The van der Waals surface area contributed by atoms with Gasteiger partial charge < -0.3 is 10.3 Å². The van der Waals surface area contributed by atoms with Crippen molar-refractivity contribution in [1.29, 1.82) is 0 Å². The van der Waals surface area contributed by atoms with Crippen LogP contribution in [0.15, 0.2) is 24.3 Å². The minimum Gasteiger partial charge on any atom is -0.785 e. The molecule has 0 bridgehead atoms. The van der Waals surface area contributed by atoms with Crippen LogP contribution in [-0.2, 0) is 6.54 Å². The van der Waals surface area contributed by atoms with Gasteiger partial charge in [0, 0.05) is 12.1 Å². The normalized spacial score (nSPS) is 12.1. The molecule has 0 aliphatic heterocycles. The van der Waals surface area contributed by atoms with Gasteiger partial charge in [-0.3, -0.25) is 0 Å². The summed E-state index contributed by atoms with van der Waals surface area (Å²) >= 11 is 0. The zero-order valence-electron chi connectivity index (χ0n) is 9.37. The van der Waals surface area contributed by atoms with Crippen LogP contribution in [0.1, 0.15) is 31.9 Å². The highest BCUT2D eigenvalue weighted by atomic mass is 16.5. The van der Waals surface area contributed by atoms with E-state index in [4.69, 9.17) is 0 Å². The maximum atomic E-state index is 11.7. The van der Waals surface area contributed by atoms with Crippen molar-refractivity contribution >= 4 is 0 Å². The molecule has 14 heavy (non-hydrogen) atoms. The fourth-order valence-corrected chi connectivity index (χ4v) is 1.18. The topological polar surface area (TPSA) is 26.3 Å². The molecule has 0 aliphatic rings. The second-order valence-electron chi connectivity index (χ2n) is 4.63. The van der Waals surface area contributed by atoms with Gasteiger partial charge >= 0.3 is 0 Å². The zero-order chi connectivity index (χ0) is 10.8. The van der Waals surface area contributed by atoms with Crippen LogP contribution in [0.2, 0.25) is 0 Å². The molecule has 0 fully saturated rings. The van der Waals surface area contributed by atoms with Crippen LogP contribution in [0.3, 0.4) is 0 Å². The number of hydrogen-bond acceptors (Lipinski definition) is 2. The summed E-state index contributed by atoms with van der Waals surface area (Å²) < 4.78 is 0.